The molecule has 0 bridgehead atoms. The summed E-state index contributed by atoms with van der Waals surface area (Å²) in [5, 5.41) is 8.46. The van der Waals surface area contributed by atoms with E-state index in [2.05, 4.69) is 6.92 Å². The number of unbranched alkanes of at least 4 members (excludes halogenated alkanes) is 10. The van der Waals surface area contributed by atoms with Crippen LogP contribution < -0.4 is 0 Å². The molecule has 0 atom stereocenters. The molecule has 0 saturated carbocycles. The van der Waals surface area contributed by atoms with E-state index in [1.54, 1.807) is 0 Å². The summed E-state index contributed by atoms with van der Waals surface area (Å²) in [6, 6.07) is 0. The maximum absolute atomic E-state index is 10.3. The summed E-state index contributed by atoms with van der Waals surface area (Å²) in [5.74, 6) is -0.657. The second-order valence-electron chi connectivity index (χ2n) is 4.68. The minimum absolute atomic E-state index is 0. The van der Waals surface area contributed by atoms with Gasteiger partial charge in [0.15, 0.2) is 0 Å². The first-order valence-electron chi connectivity index (χ1n) is 6.99. The molecule has 0 amide bonds. The normalized spacial score (nSPS) is 9.94. The molecule has 0 unspecified atom stereocenters. The Morgan fingerprint density at radius 1 is 0.765 bits per heavy atom. The molecule has 0 aromatic rings. The molecule has 0 heterocycles. The van der Waals surface area contributed by atoms with Crippen molar-refractivity contribution in [2.45, 2.75) is 84.0 Å². The average Bonchev–Trinajstić information content (AvgIpc) is 2.25. The van der Waals surface area contributed by atoms with Gasteiger partial charge in [-0.1, -0.05) is 71.1 Å². The predicted molar refractivity (Wildman–Crippen MR) is 77.3 cm³/mol. The molecule has 2 nitrogen and oxygen atoms in total. The Labute approximate surface area is 147 Å². The van der Waals surface area contributed by atoms with Gasteiger partial charge in [0.25, 0.3) is 0 Å². The van der Waals surface area contributed by atoms with Crippen molar-refractivity contribution in [2.75, 3.05) is 0 Å². The molecule has 0 aromatic carbocycles. The SMILES string of the molecule is CCCCCCCCCCCCCC(=O)O.[BaH2]. The van der Waals surface area contributed by atoms with Crippen LogP contribution in [0.3, 0.4) is 0 Å². The Balaban J connectivity index is 0. The Morgan fingerprint density at radius 2 is 1.12 bits per heavy atom. The first-order chi connectivity index (χ1) is 7.77. The van der Waals surface area contributed by atoms with Crippen LogP contribution in [0.15, 0.2) is 0 Å². The number of aliphatic carboxylic acids is 1. The zero-order valence-corrected chi connectivity index (χ0v) is 10.8. The maximum atomic E-state index is 10.3. The number of carboxylic acids is 1. The Morgan fingerprint density at radius 3 is 1.47 bits per heavy atom. The van der Waals surface area contributed by atoms with E-state index in [9.17, 15) is 4.79 Å². The third-order valence-corrected chi connectivity index (χ3v) is 2.99. The third-order valence-electron chi connectivity index (χ3n) is 2.99. The van der Waals surface area contributed by atoms with Crippen LogP contribution in [0.4, 0.5) is 0 Å². The average molecular weight is 368 g/mol. The number of rotatable bonds is 12. The van der Waals surface area contributed by atoms with Crippen LogP contribution in [-0.4, -0.2) is 60.0 Å². The van der Waals surface area contributed by atoms with E-state index in [1.807, 2.05) is 0 Å². The van der Waals surface area contributed by atoms with E-state index >= 15 is 0 Å². The van der Waals surface area contributed by atoms with Gasteiger partial charge in [-0.25, -0.2) is 0 Å². The molecule has 0 aliphatic carbocycles. The molecule has 0 rings (SSSR count). The van der Waals surface area contributed by atoms with Crippen molar-refractivity contribution in [3.8, 4) is 0 Å². The summed E-state index contributed by atoms with van der Waals surface area (Å²) in [4.78, 5) is 10.3. The topological polar surface area (TPSA) is 37.3 Å². The van der Waals surface area contributed by atoms with Crippen LogP contribution >= 0.6 is 0 Å². The van der Waals surface area contributed by atoms with Gasteiger partial charge in [0.1, 0.15) is 0 Å². The number of carboxylic acid groups (broad SMARTS) is 1. The zero-order chi connectivity index (χ0) is 12.1. The van der Waals surface area contributed by atoms with Gasteiger partial charge in [0.2, 0.25) is 0 Å². The molecule has 3 heteroatoms. The molecule has 0 aromatic heterocycles. The summed E-state index contributed by atoms with van der Waals surface area (Å²) in [5.41, 5.74) is 0. The van der Waals surface area contributed by atoms with Gasteiger partial charge in [-0.05, 0) is 6.42 Å². The molecular formula is C14H30BaO2. The standard InChI is InChI=1S/C14H28O2.Ba.2H/c1-2-3-4-5-6-7-8-9-10-11-12-13-14(15)16;;;/h2-13H2,1H3,(H,15,16);;;. The molecule has 0 aliphatic rings. The fourth-order valence-electron chi connectivity index (χ4n) is 1.94. The fraction of sp³-hybridized carbons (Fsp3) is 0.929. The van der Waals surface area contributed by atoms with E-state index in [0.29, 0.717) is 6.42 Å². The fourth-order valence-corrected chi connectivity index (χ4v) is 1.94. The summed E-state index contributed by atoms with van der Waals surface area (Å²) in [6.07, 6.45) is 14.4. The third kappa shape index (κ3) is 19.6. The number of carbonyl (C=O) groups is 1. The summed E-state index contributed by atoms with van der Waals surface area (Å²) in [6.45, 7) is 2.25. The minimum atomic E-state index is -0.657. The first-order valence-corrected chi connectivity index (χ1v) is 6.99. The summed E-state index contributed by atoms with van der Waals surface area (Å²) >= 11 is 0. The monoisotopic (exact) mass is 368 g/mol. The quantitative estimate of drug-likeness (QED) is 0.420. The molecule has 0 spiro atoms. The van der Waals surface area contributed by atoms with Crippen molar-refractivity contribution in [3.63, 3.8) is 0 Å². The molecule has 17 heavy (non-hydrogen) atoms. The van der Waals surface area contributed by atoms with E-state index in [1.165, 1.54) is 57.8 Å². The van der Waals surface area contributed by atoms with Crippen molar-refractivity contribution < 1.29 is 9.90 Å². The van der Waals surface area contributed by atoms with Crippen LogP contribution in [-0.2, 0) is 4.79 Å². The van der Waals surface area contributed by atoms with Gasteiger partial charge in [0.05, 0.1) is 0 Å². The van der Waals surface area contributed by atoms with Gasteiger partial charge in [-0.2, -0.15) is 0 Å². The van der Waals surface area contributed by atoms with Crippen molar-refractivity contribution in [2.24, 2.45) is 0 Å². The molecule has 0 radical (unpaired) electrons. The molecular weight excluding hydrogens is 337 g/mol. The Bertz CT molecular complexity index is 160. The number of hydrogen-bond acceptors (Lipinski definition) is 1. The van der Waals surface area contributed by atoms with Crippen LogP contribution in [0, 0.1) is 0 Å². The number of hydrogen-bond donors (Lipinski definition) is 1. The molecule has 0 aliphatic heterocycles. The Kier molecular flexibility index (Phi) is 20.4. The van der Waals surface area contributed by atoms with Gasteiger partial charge in [-0.15, -0.1) is 0 Å². The molecule has 0 fully saturated rings. The van der Waals surface area contributed by atoms with Gasteiger partial charge in [0, 0.05) is 6.42 Å². The van der Waals surface area contributed by atoms with Crippen molar-refractivity contribution in [3.05, 3.63) is 0 Å². The Hall–Kier alpha value is 1.04. The second-order valence-corrected chi connectivity index (χ2v) is 4.68. The summed E-state index contributed by atoms with van der Waals surface area (Å²) in [7, 11) is 0. The van der Waals surface area contributed by atoms with Gasteiger partial charge >= 0.3 is 54.9 Å². The van der Waals surface area contributed by atoms with Gasteiger partial charge < -0.3 is 5.11 Å². The van der Waals surface area contributed by atoms with E-state index in [-0.39, 0.29) is 48.9 Å². The molecule has 0 saturated heterocycles. The van der Waals surface area contributed by atoms with Crippen LogP contribution in [0.25, 0.3) is 0 Å². The van der Waals surface area contributed by atoms with E-state index < -0.39 is 5.97 Å². The zero-order valence-electron chi connectivity index (χ0n) is 10.8. The predicted octanol–water partition coefficient (Wildman–Crippen LogP) is 3.86. The van der Waals surface area contributed by atoms with Gasteiger partial charge in [-0.3, -0.25) is 4.79 Å². The first kappa shape index (κ1) is 20.4. The van der Waals surface area contributed by atoms with E-state index in [4.69, 9.17) is 5.11 Å². The molecule has 1 N–H and O–H groups in total. The van der Waals surface area contributed by atoms with Crippen molar-refractivity contribution in [1.82, 2.24) is 0 Å². The summed E-state index contributed by atoms with van der Waals surface area (Å²) < 4.78 is 0. The van der Waals surface area contributed by atoms with Crippen LogP contribution in [0.2, 0.25) is 0 Å². The van der Waals surface area contributed by atoms with Crippen molar-refractivity contribution in [1.29, 1.82) is 0 Å². The van der Waals surface area contributed by atoms with E-state index in [0.717, 1.165) is 12.8 Å². The van der Waals surface area contributed by atoms with Crippen molar-refractivity contribution >= 4 is 54.9 Å². The van der Waals surface area contributed by atoms with Crippen LogP contribution in [0.5, 0.6) is 0 Å². The second kappa shape index (κ2) is 17.0. The molecule has 100 valence electrons. The van der Waals surface area contributed by atoms with Crippen LogP contribution in [0.1, 0.15) is 84.0 Å².